The Morgan fingerprint density at radius 3 is 1.81 bits per heavy atom. The number of hydrogen-bond acceptors (Lipinski definition) is 6. The fourth-order valence-corrected chi connectivity index (χ4v) is 8.88. The molecule has 0 radical (unpaired) electrons. The summed E-state index contributed by atoms with van der Waals surface area (Å²) < 4.78 is 10.6. The van der Waals surface area contributed by atoms with E-state index in [0.717, 1.165) is 15.9 Å². The van der Waals surface area contributed by atoms with Crippen LogP contribution >= 0.6 is 0 Å². The maximum atomic E-state index is 13.8. The van der Waals surface area contributed by atoms with Gasteiger partial charge in [0.2, 0.25) is 0 Å². The van der Waals surface area contributed by atoms with Crippen LogP contribution in [0.5, 0.6) is 5.75 Å². The lowest BCUT2D eigenvalue weighted by atomic mass is 9.93. The van der Waals surface area contributed by atoms with Gasteiger partial charge in [-0.1, -0.05) is 117 Å². The number of carbonyl (C=O) groups excluding carboxylic acids is 2. The second-order valence-electron chi connectivity index (χ2n) is 10.9. The van der Waals surface area contributed by atoms with Gasteiger partial charge in [0.05, 0.1) is 13.2 Å². The van der Waals surface area contributed by atoms with Crippen molar-refractivity contribution in [2.45, 2.75) is 44.1 Å². The highest BCUT2D eigenvalue weighted by molar-refractivity contribution is 6.98. The van der Waals surface area contributed by atoms with Gasteiger partial charge in [0, 0.05) is 6.42 Å². The number of aliphatic hydroxyl groups is 1. The van der Waals surface area contributed by atoms with Gasteiger partial charge >= 0.3 is 6.09 Å². The third kappa shape index (κ3) is 6.96. The monoisotopic (exact) mass is 583 g/mol. The molecule has 42 heavy (non-hydrogen) atoms. The minimum Gasteiger partial charge on any atom is -0.497 e. The van der Waals surface area contributed by atoms with Crippen LogP contribution in [0.15, 0.2) is 115 Å². The SMILES string of the molecule is COc1ccc([C@@H](NC(=O)OCc2ccccc2)[C@@H](O)C(=O)CC(C)(C)[Si](O)(c2ccccc2)c2ccccc2)cc1. The molecule has 0 heterocycles. The first-order chi connectivity index (χ1) is 20.2. The molecule has 8 heteroatoms. The van der Waals surface area contributed by atoms with Crippen molar-refractivity contribution in [1.29, 1.82) is 0 Å². The molecule has 0 spiro atoms. The number of nitrogens with one attached hydrogen (secondary N) is 1. The molecule has 0 fully saturated rings. The van der Waals surface area contributed by atoms with E-state index in [9.17, 15) is 19.5 Å². The molecule has 4 aromatic carbocycles. The van der Waals surface area contributed by atoms with Gasteiger partial charge in [-0.15, -0.1) is 0 Å². The Hall–Kier alpha value is -4.24. The minimum absolute atomic E-state index is 0.0336. The van der Waals surface area contributed by atoms with Crippen molar-refractivity contribution in [2.75, 3.05) is 7.11 Å². The van der Waals surface area contributed by atoms with Gasteiger partial charge < -0.3 is 24.7 Å². The van der Waals surface area contributed by atoms with E-state index in [1.165, 1.54) is 7.11 Å². The molecule has 0 aliphatic carbocycles. The lowest BCUT2D eigenvalue weighted by Crippen LogP contribution is -2.66. The molecule has 1 amide bonds. The standard InChI is InChI=1S/C34H37NO6Si/c1-34(2,42(39,28-15-9-5-10-16-28)29-17-11-6-12-18-29)23-30(36)32(37)31(26-19-21-27(40-3)22-20-26)35-33(38)41-24-25-13-7-4-8-14-25/h4-22,31-32,37,39H,23-24H2,1-3H3,(H,35,38)/t31-,32+/m1/s1. The van der Waals surface area contributed by atoms with Gasteiger partial charge in [0.25, 0.3) is 8.32 Å². The number of ether oxygens (including phenoxy) is 2. The predicted octanol–water partition coefficient (Wildman–Crippen LogP) is 4.52. The topological polar surface area (TPSA) is 105 Å². The van der Waals surface area contributed by atoms with Crippen molar-refractivity contribution in [3.05, 3.63) is 126 Å². The smallest absolute Gasteiger partial charge is 0.408 e. The number of Topliss-reactive ketones (excluding diaryl/α,β-unsaturated/α-hetero) is 1. The van der Waals surface area contributed by atoms with E-state index in [-0.39, 0.29) is 13.0 Å². The fourth-order valence-electron chi connectivity index (χ4n) is 5.21. The van der Waals surface area contributed by atoms with Gasteiger partial charge in [-0.2, -0.15) is 0 Å². The van der Waals surface area contributed by atoms with Crippen LogP contribution in [0.1, 0.15) is 37.4 Å². The van der Waals surface area contributed by atoms with E-state index >= 15 is 0 Å². The van der Waals surface area contributed by atoms with Gasteiger partial charge in [-0.25, -0.2) is 4.79 Å². The van der Waals surface area contributed by atoms with E-state index in [1.54, 1.807) is 24.3 Å². The Labute approximate surface area is 247 Å². The summed E-state index contributed by atoms with van der Waals surface area (Å²) >= 11 is 0. The summed E-state index contributed by atoms with van der Waals surface area (Å²) in [6.45, 7) is 3.74. The van der Waals surface area contributed by atoms with Crippen molar-refractivity contribution >= 4 is 30.6 Å². The molecule has 0 aliphatic rings. The number of benzene rings is 4. The predicted molar refractivity (Wildman–Crippen MR) is 165 cm³/mol. The maximum Gasteiger partial charge on any atom is 0.408 e. The first-order valence-electron chi connectivity index (χ1n) is 13.8. The van der Waals surface area contributed by atoms with Crippen molar-refractivity contribution in [2.24, 2.45) is 0 Å². The number of ketones is 1. The number of alkyl carbamates (subject to hydrolysis) is 1. The summed E-state index contributed by atoms with van der Waals surface area (Å²) in [6, 6.07) is 33.6. The van der Waals surface area contributed by atoms with Gasteiger partial charge in [-0.05, 0) is 38.7 Å². The third-order valence-electron chi connectivity index (χ3n) is 7.59. The highest BCUT2D eigenvalue weighted by Crippen LogP contribution is 2.40. The van der Waals surface area contributed by atoms with E-state index < -0.39 is 37.4 Å². The molecular weight excluding hydrogens is 546 g/mol. The quantitative estimate of drug-likeness (QED) is 0.212. The molecular formula is C34H37NO6Si. The summed E-state index contributed by atoms with van der Waals surface area (Å²) in [6.07, 6.45) is -2.51. The van der Waals surface area contributed by atoms with Gasteiger partial charge in [0.1, 0.15) is 18.5 Å². The first-order valence-corrected chi connectivity index (χ1v) is 15.8. The van der Waals surface area contributed by atoms with Crippen molar-refractivity contribution in [3.8, 4) is 5.75 Å². The van der Waals surface area contributed by atoms with E-state index in [1.807, 2.05) is 105 Å². The van der Waals surface area contributed by atoms with Gasteiger partial charge in [0.15, 0.2) is 5.78 Å². The van der Waals surface area contributed by atoms with Crippen molar-refractivity contribution in [1.82, 2.24) is 5.32 Å². The van der Waals surface area contributed by atoms with Crippen LogP contribution in [0.3, 0.4) is 0 Å². The molecule has 3 N–H and O–H groups in total. The highest BCUT2D eigenvalue weighted by Gasteiger charge is 2.51. The maximum absolute atomic E-state index is 13.8. The normalized spacial score (nSPS) is 13.1. The molecule has 0 saturated carbocycles. The average molecular weight is 584 g/mol. The Kier molecular flexibility index (Phi) is 9.95. The second-order valence-corrected chi connectivity index (χ2v) is 14.8. The molecule has 0 aliphatic heterocycles. The Bertz CT molecular complexity index is 1410. The van der Waals surface area contributed by atoms with Crippen LogP contribution in [0, 0.1) is 0 Å². The molecule has 2 atom stereocenters. The van der Waals surface area contributed by atoms with Gasteiger partial charge in [-0.3, -0.25) is 4.79 Å². The molecule has 0 bridgehead atoms. The molecule has 4 rings (SSSR count). The van der Waals surface area contributed by atoms with E-state index in [0.29, 0.717) is 11.3 Å². The third-order valence-corrected chi connectivity index (χ3v) is 12.1. The lowest BCUT2D eigenvalue weighted by Gasteiger charge is -2.41. The average Bonchev–Trinajstić information content (AvgIpc) is 3.03. The molecule has 0 aromatic heterocycles. The number of hydrogen-bond donors (Lipinski definition) is 3. The zero-order valence-corrected chi connectivity index (χ0v) is 25.1. The van der Waals surface area contributed by atoms with Crippen molar-refractivity contribution < 1.29 is 29.0 Å². The second kappa shape index (κ2) is 13.6. The van der Waals surface area contributed by atoms with Crippen LogP contribution in [0.4, 0.5) is 4.79 Å². The van der Waals surface area contributed by atoms with E-state index in [2.05, 4.69) is 5.32 Å². The summed E-state index contributed by atoms with van der Waals surface area (Å²) in [5.74, 6) is 0.0786. The van der Waals surface area contributed by atoms with E-state index in [4.69, 9.17) is 9.47 Å². The lowest BCUT2D eigenvalue weighted by molar-refractivity contribution is -0.129. The largest absolute Gasteiger partial charge is 0.497 e. The summed E-state index contributed by atoms with van der Waals surface area (Å²) in [5, 5.41) is 14.7. The fraction of sp³-hybridized carbons (Fsp3) is 0.235. The zero-order valence-electron chi connectivity index (χ0n) is 24.1. The van der Waals surface area contributed by atoms with Crippen LogP contribution in [0.25, 0.3) is 0 Å². The summed E-state index contributed by atoms with van der Waals surface area (Å²) in [5.41, 5.74) is 1.31. The number of amides is 1. The van der Waals surface area contributed by atoms with Crippen LogP contribution in [0.2, 0.25) is 5.04 Å². The van der Waals surface area contributed by atoms with Crippen LogP contribution in [-0.2, 0) is 16.1 Å². The number of methoxy groups -OCH3 is 1. The van der Waals surface area contributed by atoms with Crippen LogP contribution in [-0.4, -0.2) is 43.3 Å². The summed E-state index contributed by atoms with van der Waals surface area (Å²) in [7, 11) is -1.97. The number of carbonyl (C=O) groups is 2. The minimum atomic E-state index is -3.51. The zero-order chi connectivity index (χ0) is 30.2. The Morgan fingerprint density at radius 2 is 1.31 bits per heavy atom. The molecule has 4 aromatic rings. The first kappa shape index (κ1) is 30.7. The summed E-state index contributed by atoms with van der Waals surface area (Å²) in [4.78, 5) is 39.1. The highest BCUT2D eigenvalue weighted by atomic mass is 28.4. The molecule has 218 valence electrons. The number of aliphatic hydroxyl groups excluding tert-OH is 1. The molecule has 0 saturated heterocycles. The molecule has 0 unspecified atom stereocenters. The van der Waals surface area contributed by atoms with Crippen LogP contribution < -0.4 is 20.4 Å². The molecule has 7 nitrogen and oxygen atoms in total. The number of rotatable bonds is 12. The Morgan fingerprint density at radius 1 is 0.810 bits per heavy atom. The Balaban J connectivity index is 1.60. The van der Waals surface area contributed by atoms with Crippen molar-refractivity contribution in [3.63, 3.8) is 0 Å².